The number of nitrogens with two attached hydrogens (primary N) is 1. The fourth-order valence-corrected chi connectivity index (χ4v) is 2.38. The zero-order chi connectivity index (χ0) is 10.8. The van der Waals surface area contributed by atoms with Gasteiger partial charge in [-0.05, 0) is 28.1 Å². The Hall–Kier alpha value is -0.650. The maximum Gasteiger partial charge on any atom is 0.170 e. The van der Waals surface area contributed by atoms with Gasteiger partial charge in [0, 0.05) is 17.8 Å². The summed E-state index contributed by atoms with van der Waals surface area (Å²) in [5.74, 6) is 1.09. The second-order valence-electron chi connectivity index (χ2n) is 3.32. The molecule has 5 heteroatoms. The van der Waals surface area contributed by atoms with E-state index >= 15 is 0 Å². The lowest BCUT2D eigenvalue weighted by Crippen LogP contribution is -2.08. The van der Waals surface area contributed by atoms with Crippen LogP contribution in [0.1, 0.15) is 18.5 Å². The molecule has 0 spiro atoms. The lowest BCUT2D eigenvalue weighted by atomic mass is 10.1. The SMILES string of the molecule is CC(CN)c1csc(-c2ccc(Br)o2)n1. The van der Waals surface area contributed by atoms with Crippen LogP contribution in [0, 0.1) is 0 Å². The molecule has 1 atom stereocenters. The van der Waals surface area contributed by atoms with Gasteiger partial charge in [-0.3, -0.25) is 0 Å². The summed E-state index contributed by atoms with van der Waals surface area (Å²) < 4.78 is 6.15. The molecule has 0 aliphatic heterocycles. The summed E-state index contributed by atoms with van der Waals surface area (Å²) in [5, 5.41) is 2.93. The van der Waals surface area contributed by atoms with Gasteiger partial charge in [0.15, 0.2) is 15.4 Å². The molecule has 2 rings (SSSR count). The fourth-order valence-electron chi connectivity index (χ4n) is 1.18. The summed E-state index contributed by atoms with van der Waals surface area (Å²) in [5.41, 5.74) is 6.62. The number of nitrogens with zero attached hydrogens (tertiary/aromatic N) is 1. The average Bonchev–Trinajstić information content (AvgIpc) is 2.84. The molecular formula is C10H11BrN2OS. The molecule has 0 saturated carbocycles. The number of aromatic nitrogens is 1. The van der Waals surface area contributed by atoms with Crippen molar-refractivity contribution in [3.8, 4) is 10.8 Å². The molecule has 2 aromatic rings. The predicted molar refractivity (Wildman–Crippen MR) is 65.0 cm³/mol. The Morgan fingerprint density at radius 3 is 3.00 bits per heavy atom. The molecule has 1 unspecified atom stereocenters. The summed E-state index contributed by atoms with van der Waals surface area (Å²) in [4.78, 5) is 4.49. The molecule has 2 N–H and O–H groups in total. The minimum Gasteiger partial charge on any atom is -0.447 e. The van der Waals surface area contributed by atoms with Crippen molar-refractivity contribution in [1.82, 2.24) is 4.98 Å². The Morgan fingerprint density at radius 1 is 1.60 bits per heavy atom. The maximum absolute atomic E-state index is 5.59. The second-order valence-corrected chi connectivity index (χ2v) is 4.96. The Labute approximate surface area is 100 Å². The van der Waals surface area contributed by atoms with Gasteiger partial charge < -0.3 is 10.2 Å². The van der Waals surface area contributed by atoms with E-state index < -0.39 is 0 Å². The van der Waals surface area contributed by atoms with Gasteiger partial charge in [0.25, 0.3) is 0 Å². The fraction of sp³-hybridized carbons (Fsp3) is 0.300. The third-order valence-electron chi connectivity index (χ3n) is 2.16. The monoisotopic (exact) mass is 286 g/mol. The summed E-state index contributed by atoms with van der Waals surface area (Å²) in [6, 6.07) is 3.77. The average molecular weight is 287 g/mol. The highest BCUT2D eigenvalue weighted by atomic mass is 79.9. The summed E-state index contributed by atoms with van der Waals surface area (Å²) in [6.07, 6.45) is 0. The van der Waals surface area contributed by atoms with Gasteiger partial charge in [0.1, 0.15) is 0 Å². The van der Waals surface area contributed by atoms with Crippen LogP contribution in [0.4, 0.5) is 0 Å². The van der Waals surface area contributed by atoms with E-state index in [1.165, 1.54) is 0 Å². The van der Waals surface area contributed by atoms with Gasteiger partial charge in [0.05, 0.1) is 5.69 Å². The molecule has 0 aliphatic rings. The van der Waals surface area contributed by atoms with Gasteiger partial charge in [-0.25, -0.2) is 4.98 Å². The number of furan rings is 1. The largest absolute Gasteiger partial charge is 0.447 e. The lowest BCUT2D eigenvalue weighted by molar-refractivity contribution is 0.555. The highest BCUT2D eigenvalue weighted by molar-refractivity contribution is 9.10. The molecule has 2 aromatic heterocycles. The minimum absolute atomic E-state index is 0.299. The van der Waals surface area contributed by atoms with E-state index in [1.807, 2.05) is 17.5 Å². The molecule has 0 bridgehead atoms. The standard InChI is InChI=1S/C10H11BrN2OS/c1-6(4-12)7-5-15-10(13-7)8-2-3-9(11)14-8/h2-3,5-6H,4,12H2,1H3. The van der Waals surface area contributed by atoms with Crippen LogP contribution in [0.3, 0.4) is 0 Å². The second kappa shape index (κ2) is 4.47. The van der Waals surface area contributed by atoms with Gasteiger partial charge in [-0.2, -0.15) is 0 Å². The summed E-state index contributed by atoms with van der Waals surface area (Å²) in [6.45, 7) is 2.68. The van der Waals surface area contributed by atoms with E-state index in [1.54, 1.807) is 11.3 Å². The van der Waals surface area contributed by atoms with Crippen LogP contribution in [0.15, 0.2) is 26.6 Å². The smallest absolute Gasteiger partial charge is 0.170 e. The van der Waals surface area contributed by atoms with Crippen LogP contribution < -0.4 is 5.73 Å². The van der Waals surface area contributed by atoms with Crippen molar-refractivity contribution >= 4 is 27.3 Å². The summed E-state index contributed by atoms with van der Waals surface area (Å²) in [7, 11) is 0. The third-order valence-corrected chi connectivity index (χ3v) is 3.47. The Morgan fingerprint density at radius 2 is 2.40 bits per heavy atom. The predicted octanol–water partition coefficient (Wildman–Crippen LogP) is 3.23. The van der Waals surface area contributed by atoms with Crippen molar-refractivity contribution in [3.63, 3.8) is 0 Å². The molecule has 80 valence electrons. The van der Waals surface area contributed by atoms with Crippen LogP contribution in [0.25, 0.3) is 10.8 Å². The van der Waals surface area contributed by atoms with Crippen molar-refractivity contribution < 1.29 is 4.42 Å². The van der Waals surface area contributed by atoms with Crippen molar-refractivity contribution in [2.75, 3.05) is 6.54 Å². The first-order valence-electron chi connectivity index (χ1n) is 4.62. The van der Waals surface area contributed by atoms with E-state index in [-0.39, 0.29) is 0 Å². The van der Waals surface area contributed by atoms with Crippen LogP contribution in [0.2, 0.25) is 0 Å². The maximum atomic E-state index is 5.59. The number of thiazole rings is 1. The molecule has 3 nitrogen and oxygen atoms in total. The number of hydrogen-bond donors (Lipinski definition) is 1. The first kappa shape index (κ1) is 10.9. The Balaban J connectivity index is 2.27. The highest BCUT2D eigenvalue weighted by Gasteiger charge is 2.11. The van der Waals surface area contributed by atoms with Crippen molar-refractivity contribution in [2.24, 2.45) is 5.73 Å². The van der Waals surface area contributed by atoms with Crippen LogP contribution in [-0.2, 0) is 0 Å². The molecule has 0 fully saturated rings. The van der Waals surface area contributed by atoms with E-state index in [0.717, 1.165) is 21.1 Å². The van der Waals surface area contributed by atoms with E-state index in [4.69, 9.17) is 10.2 Å². The normalized spacial score (nSPS) is 13.0. The van der Waals surface area contributed by atoms with Gasteiger partial charge in [0.2, 0.25) is 0 Å². The quantitative estimate of drug-likeness (QED) is 0.943. The topological polar surface area (TPSA) is 52.0 Å². The minimum atomic E-state index is 0.299. The number of rotatable bonds is 3. The number of halogens is 1. The van der Waals surface area contributed by atoms with Gasteiger partial charge in [-0.1, -0.05) is 6.92 Å². The van der Waals surface area contributed by atoms with E-state index in [9.17, 15) is 0 Å². The van der Waals surface area contributed by atoms with Crippen LogP contribution in [-0.4, -0.2) is 11.5 Å². The number of hydrogen-bond acceptors (Lipinski definition) is 4. The lowest BCUT2D eigenvalue weighted by Gasteiger charge is -2.01. The highest BCUT2D eigenvalue weighted by Crippen LogP contribution is 2.29. The molecule has 0 aromatic carbocycles. The molecular weight excluding hydrogens is 276 g/mol. The zero-order valence-electron chi connectivity index (χ0n) is 8.24. The van der Waals surface area contributed by atoms with E-state index in [2.05, 4.69) is 27.8 Å². The van der Waals surface area contributed by atoms with Crippen molar-refractivity contribution in [3.05, 3.63) is 27.9 Å². The molecule has 0 amide bonds. The van der Waals surface area contributed by atoms with Crippen LogP contribution in [0.5, 0.6) is 0 Å². The van der Waals surface area contributed by atoms with Crippen molar-refractivity contribution in [2.45, 2.75) is 12.8 Å². The van der Waals surface area contributed by atoms with E-state index in [0.29, 0.717) is 12.5 Å². The molecule has 0 aliphatic carbocycles. The first-order valence-corrected chi connectivity index (χ1v) is 6.29. The van der Waals surface area contributed by atoms with Gasteiger partial charge >= 0.3 is 0 Å². The van der Waals surface area contributed by atoms with Crippen LogP contribution >= 0.6 is 27.3 Å². The molecule has 0 saturated heterocycles. The molecule has 15 heavy (non-hydrogen) atoms. The molecule has 2 heterocycles. The first-order chi connectivity index (χ1) is 7.20. The third kappa shape index (κ3) is 2.30. The van der Waals surface area contributed by atoms with Crippen molar-refractivity contribution in [1.29, 1.82) is 0 Å². The summed E-state index contributed by atoms with van der Waals surface area (Å²) >= 11 is 4.85. The Bertz CT molecular complexity index is 452. The van der Waals surface area contributed by atoms with Gasteiger partial charge in [-0.15, -0.1) is 11.3 Å². The zero-order valence-corrected chi connectivity index (χ0v) is 10.6. The Kier molecular flexibility index (Phi) is 3.23. The molecule has 0 radical (unpaired) electrons.